The smallest absolute Gasteiger partial charge is 0.233 e. The lowest BCUT2D eigenvalue weighted by atomic mass is 10.1. The SMILES string of the molecule is COc1ccc(C)c2sc(N(CC[NH+](C)C)C(=O)Cc3ccc(F)cc3)nc12. The number of aromatic nitrogens is 1. The second kappa shape index (κ2) is 8.67. The number of fused-ring (bicyclic) bond motifs is 1. The van der Waals surface area contributed by atoms with Crippen molar-refractivity contribution in [2.75, 3.05) is 39.2 Å². The zero-order chi connectivity index (χ0) is 20.3. The molecule has 1 amide bonds. The number of anilines is 1. The highest BCUT2D eigenvalue weighted by molar-refractivity contribution is 7.22. The van der Waals surface area contributed by atoms with E-state index >= 15 is 0 Å². The first-order chi connectivity index (χ1) is 13.4. The van der Waals surface area contributed by atoms with E-state index in [0.717, 1.165) is 27.9 Å². The maximum Gasteiger partial charge on any atom is 0.233 e. The molecule has 0 aliphatic heterocycles. The van der Waals surface area contributed by atoms with Gasteiger partial charge >= 0.3 is 0 Å². The standard InChI is InChI=1S/C21H24FN3O2S/c1-14-5-10-17(27-4)19-20(14)28-21(23-19)25(12-11-24(2)3)18(26)13-15-6-8-16(22)9-7-15/h5-10H,11-13H2,1-4H3/p+1. The number of carbonyl (C=O) groups is 1. The van der Waals surface area contributed by atoms with E-state index in [1.807, 2.05) is 33.2 Å². The molecule has 1 N–H and O–H groups in total. The molecule has 7 heteroatoms. The summed E-state index contributed by atoms with van der Waals surface area (Å²) in [6.45, 7) is 3.38. The summed E-state index contributed by atoms with van der Waals surface area (Å²) in [4.78, 5) is 20.8. The number of methoxy groups -OCH3 is 1. The molecular formula is C21H25FN3O2S+. The highest BCUT2D eigenvalue weighted by Gasteiger charge is 2.22. The van der Waals surface area contributed by atoms with Crippen LogP contribution in [0, 0.1) is 12.7 Å². The van der Waals surface area contributed by atoms with Crippen LogP contribution in [0.5, 0.6) is 5.75 Å². The second-order valence-corrected chi connectivity index (χ2v) is 8.04. The van der Waals surface area contributed by atoms with E-state index in [0.29, 0.717) is 17.4 Å². The van der Waals surface area contributed by atoms with Crippen molar-refractivity contribution in [2.45, 2.75) is 13.3 Å². The number of hydrogen-bond donors (Lipinski definition) is 1. The Hall–Kier alpha value is -2.51. The number of amides is 1. The van der Waals surface area contributed by atoms with Crippen LogP contribution in [0.25, 0.3) is 10.2 Å². The lowest BCUT2D eigenvalue weighted by molar-refractivity contribution is -0.856. The largest absolute Gasteiger partial charge is 0.494 e. The Bertz CT molecular complexity index is 970. The maximum absolute atomic E-state index is 13.2. The lowest BCUT2D eigenvalue weighted by Gasteiger charge is -2.20. The molecule has 1 heterocycles. The highest BCUT2D eigenvalue weighted by atomic mass is 32.1. The summed E-state index contributed by atoms with van der Waals surface area (Å²) in [6.07, 6.45) is 0.203. The van der Waals surface area contributed by atoms with Gasteiger partial charge in [-0.15, -0.1) is 0 Å². The monoisotopic (exact) mass is 402 g/mol. The van der Waals surface area contributed by atoms with Gasteiger partial charge in [-0.2, -0.15) is 0 Å². The number of aryl methyl sites for hydroxylation is 1. The van der Waals surface area contributed by atoms with Crippen LogP contribution in [0.3, 0.4) is 0 Å². The fourth-order valence-electron chi connectivity index (χ4n) is 2.91. The van der Waals surface area contributed by atoms with Crippen molar-refractivity contribution < 1.29 is 18.8 Å². The fraction of sp³-hybridized carbons (Fsp3) is 0.333. The van der Waals surface area contributed by atoms with Crippen molar-refractivity contribution in [3.8, 4) is 5.75 Å². The van der Waals surface area contributed by atoms with Crippen LogP contribution in [0.15, 0.2) is 36.4 Å². The van der Waals surface area contributed by atoms with E-state index < -0.39 is 0 Å². The Morgan fingerprint density at radius 2 is 1.93 bits per heavy atom. The van der Waals surface area contributed by atoms with Gasteiger partial charge in [-0.3, -0.25) is 9.69 Å². The summed E-state index contributed by atoms with van der Waals surface area (Å²) in [5.74, 6) is 0.341. The molecule has 2 aromatic carbocycles. The van der Waals surface area contributed by atoms with Gasteiger partial charge in [0.1, 0.15) is 17.1 Å². The summed E-state index contributed by atoms with van der Waals surface area (Å²) in [6, 6.07) is 9.95. The Morgan fingerprint density at radius 1 is 1.21 bits per heavy atom. The van der Waals surface area contributed by atoms with Crippen molar-refractivity contribution in [1.82, 2.24) is 4.98 Å². The second-order valence-electron chi connectivity index (χ2n) is 7.06. The molecule has 0 saturated carbocycles. The van der Waals surface area contributed by atoms with E-state index in [1.165, 1.54) is 28.4 Å². The molecular weight excluding hydrogens is 377 g/mol. The van der Waals surface area contributed by atoms with Gasteiger partial charge in [0.15, 0.2) is 5.13 Å². The minimum absolute atomic E-state index is 0.0523. The third-order valence-electron chi connectivity index (χ3n) is 4.55. The third kappa shape index (κ3) is 4.48. The average Bonchev–Trinajstić information content (AvgIpc) is 3.10. The Labute approximate surface area is 168 Å². The molecule has 0 saturated heterocycles. The fourth-order valence-corrected chi connectivity index (χ4v) is 4.01. The predicted octanol–water partition coefficient (Wildman–Crippen LogP) is 2.47. The molecule has 0 spiro atoms. The molecule has 0 radical (unpaired) electrons. The molecule has 148 valence electrons. The normalized spacial score (nSPS) is 11.2. The Balaban J connectivity index is 1.95. The number of nitrogens with zero attached hydrogens (tertiary/aromatic N) is 2. The number of halogens is 1. The average molecular weight is 403 g/mol. The van der Waals surface area contributed by atoms with Gasteiger partial charge in [0.05, 0.1) is 45.4 Å². The van der Waals surface area contributed by atoms with Gasteiger partial charge in [-0.1, -0.05) is 29.5 Å². The van der Waals surface area contributed by atoms with Crippen LogP contribution in [0.4, 0.5) is 9.52 Å². The first kappa shape index (κ1) is 20.2. The lowest BCUT2D eigenvalue weighted by Crippen LogP contribution is -3.06. The van der Waals surface area contributed by atoms with Crippen molar-refractivity contribution in [3.63, 3.8) is 0 Å². The quantitative estimate of drug-likeness (QED) is 0.661. The van der Waals surface area contributed by atoms with Gasteiger partial charge in [0.2, 0.25) is 5.91 Å². The molecule has 28 heavy (non-hydrogen) atoms. The van der Waals surface area contributed by atoms with Gasteiger partial charge in [0, 0.05) is 0 Å². The summed E-state index contributed by atoms with van der Waals surface area (Å²) < 4.78 is 19.6. The van der Waals surface area contributed by atoms with Crippen LogP contribution >= 0.6 is 11.3 Å². The molecule has 0 fully saturated rings. The molecule has 0 aliphatic rings. The number of nitrogens with one attached hydrogen (secondary N) is 1. The number of benzene rings is 2. The molecule has 0 unspecified atom stereocenters. The van der Waals surface area contributed by atoms with Crippen molar-refractivity contribution in [2.24, 2.45) is 0 Å². The Morgan fingerprint density at radius 3 is 2.57 bits per heavy atom. The van der Waals surface area contributed by atoms with E-state index in [-0.39, 0.29) is 18.1 Å². The number of hydrogen-bond acceptors (Lipinski definition) is 4. The predicted molar refractivity (Wildman–Crippen MR) is 111 cm³/mol. The topological polar surface area (TPSA) is 46.9 Å². The van der Waals surface area contributed by atoms with E-state index in [9.17, 15) is 9.18 Å². The molecule has 0 bridgehead atoms. The molecule has 0 atom stereocenters. The number of ether oxygens (including phenoxy) is 1. The number of carbonyl (C=O) groups excluding carboxylic acids is 1. The van der Waals surface area contributed by atoms with Crippen molar-refractivity contribution >= 4 is 32.6 Å². The van der Waals surface area contributed by atoms with Crippen LogP contribution in [0.2, 0.25) is 0 Å². The van der Waals surface area contributed by atoms with E-state index in [2.05, 4.69) is 0 Å². The first-order valence-electron chi connectivity index (χ1n) is 9.17. The number of quaternary nitrogens is 1. The molecule has 0 aliphatic carbocycles. The summed E-state index contributed by atoms with van der Waals surface area (Å²) in [5.41, 5.74) is 2.66. The maximum atomic E-state index is 13.2. The van der Waals surface area contributed by atoms with Crippen LogP contribution < -0.4 is 14.5 Å². The Kier molecular flexibility index (Phi) is 6.26. The summed E-state index contributed by atoms with van der Waals surface area (Å²) >= 11 is 1.50. The molecule has 3 aromatic rings. The summed E-state index contributed by atoms with van der Waals surface area (Å²) in [5, 5.41) is 0.663. The minimum Gasteiger partial charge on any atom is -0.494 e. The molecule has 3 rings (SSSR count). The minimum atomic E-state index is -0.307. The summed E-state index contributed by atoms with van der Waals surface area (Å²) in [7, 11) is 5.72. The van der Waals surface area contributed by atoms with Gasteiger partial charge in [0.25, 0.3) is 0 Å². The number of thiazole rings is 1. The van der Waals surface area contributed by atoms with E-state index in [4.69, 9.17) is 9.72 Å². The van der Waals surface area contributed by atoms with Crippen LogP contribution in [-0.2, 0) is 11.2 Å². The number of rotatable bonds is 7. The first-order valence-corrected chi connectivity index (χ1v) is 9.98. The van der Waals surface area contributed by atoms with Crippen LogP contribution in [-0.4, -0.2) is 45.2 Å². The van der Waals surface area contributed by atoms with E-state index in [1.54, 1.807) is 24.1 Å². The molecule has 1 aromatic heterocycles. The van der Waals surface area contributed by atoms with Crippen LogP contribution in [0.1, 0.15) is 11.1 Å². The number of likely N-dealkylation sites (N-methyl/N-ethyl adjacent to an activating group) is 1. The zero-order valence-corrected chi connectivity index (χ0v) is 17.4. The highest BCUT2D eigenvalue weighted by Crippen LogP contribution is 2.36. The van der Waals surface area contributed by atoms with Crippen molar-refractivity contribution in [1.29, 1.82) is 0 Å². The van der Waals surface area contributed by atoms with Crippen molar-refractivity contribution in [3.05, 3.63) is 53.3 Å². The van der Waals surface area contributed by atoms with Gasteiger partial charge < -0.3 is 9.64 Å². The third-order valence-corrected chi connectivity index (χ3v) is 5.76. The molecule has 5 nitrogen and oxygen atoms in total. The zero-order valence-electron chi connectivity index (χ0n) is 16.6. The van der Waals surface area contributed by atoms with Gasteiger partial charge in [-0.05, 0) is 36.2 Å². The van der Waals surface area contributed by atoms with Gasteiger partial charge in [-0.25, -0.2) is 9.37 Å².